The Morgan fingerprint density at radius 3 is 0.600 bits per heavy atom. The van der Waals surface area contributed by atoms with Crippen molar-refractivity contribution in [3.8, 4) is 0 Å². The fraction of sp³-hybridized carbons (Fsp3) is 0. The second-order valence-electron chi connectivity index (χ2n) is 0. The fourth-order valence-corrected chi connectivity index (χ4v) is 0. The van der Waals surface area contributed by atoms with Crippen LogP contribution in [0, 0.1) is 0 Å². The van der Waals surface area contributed by atoms with Gasteiger partial charge in [-0.15, -0.1) is 0 Å². The van der Waals surface area contributed by atoms with Crippen LogP contribution in [0.25, 0.3) is 0 Å². The van der Waals surface area contributed by atoms with Crippen LogP contribution in [-0.4, -0.2) is 37.7 Å². The maximum atomic E-state index is 0. The van der Waals surface area contributed by atoms with Gasteiger partial charge >= 0.3 is 54.8 Å². The van der Waals surface area contributed by atoms with E-state index < -0.39 is 0 Å². The van der Waals surface area contributed by atoms with E-state index in [4.69, 9.17) is 0 Å². The third kappa shape index (κ3) is 20.5. The molecule has 0 amide bonds. The van der Waals surface area contributed by atoms with Gasteiger partial charge in [0.2, 0.25) is 0 Å². The van der Waals surface area contributed by atoms with Gasteiger partial charge in [0.25, 0.3) is 0 Å². The zero-order valence-electron chi connectivity index (χ0n) is 2.14. The summed E-state index contributed by atoms with van der Waals surface area (Å²) in [5.41, 5.74) is 0. The van der Waals surface area contributed by atoms with Crippen LogP contribution >= 0.6 is 0 Å². The van der Waals surface area contributed by atoms with E-state index in [1.807, 2.05) is 0 Å². The second-order valence-corrected chi connectivity index (χ2v) is 0. The standard InChI is InChI=1S/Ca.3ClH.Cu/h;3*1H;/q+2;;;;+1/p-3. The maximum Gasteiger partial charge on any atom is 2.00 e. The third-order valence-corrected chi connectivity index (χ3v) is 0. The first kappa shape index (κ1) is 48.2. The zero-order chi connectivity index (χ0) is 0. The van der Waals surface area contributed by atoms with Crippen LogP contribution in [0.15, 0.2) is 0 Å². The topological polar surface area (TPSA) is 0 Å². The van der Waals surface area contributed by atoms with Crippen molar-refractivity contribution in [3.63, 3.8) is 0 Å². The first-order valence-corrected chi connectivity index (χ1v) is 0. The molecular weight excluding hydrogens is 210 g/mol. The van der Waals surface area contributed by atoms with Crippen LogP contribution < -0.4 is 37.2 Å². The largest absolute Gasteiger partial charge is 2.00 e. The minimum Gasteiger partial charge on any atom is -1.00 e. The van der Waals surface area contributed by atoms with Crippen LogP contribution in [0.4, 0.5) is 0 Å². The molecule has 0 aromatic carbocycles. The Labute approximate surface area is 90.5 Å². The van der Waals surface area contributed by atoms with E-state index in [0.29, 0.717) is 0 Å². The molecule has 0 aliphatic rings. The Balaban J connectivity index is 0. The molecule has 0 atom stereocenters. The van der Waals surface area contributed by atoms with Crippen LogP contribution in [0.2, 0.25) is 0 Å². The predicted octanol–water partition coefficient (Wildman–Crippen LogP) is -9.37. The van der Waals surface area contributed by atoms with Gasteiger partial charge in [0.15, 0.2) is 0 Å². The molecule has 0 aromatic heterocycles. The Hall–Kier alpha value is 2.65. The molecule has 0 aliphatic heterocycles. The summed E-state index contributed by atoms with van der Waals surface area (Å²) in [6, 6.07) is 0. The molecular formula is CaCl3Cu. The Morgan fingerprint density at radius 2 is 0.600 bits per heavy atom. The SMILES string of the molecule is [Ca+2].[Cl-].[Cl-].[Cl-].[Cu+]. The average molecular weight is 210 g/mol. The van der Waals surface area contributed by atoms with Gasteiger partial charge in [0.1, 0.15) is 0 Å². The van der Waals surface area contributed by atoms with Crippen molar-refractivity contribution in [2.75, 3.05) is 0 Å². The van der Waals surface area contributed by atoms with Crippen molar-refractivity contribution in [1.82, 2.24) is 0 Å². The second kappa shape index (κ2) is 30.2. The normalized spacial score (nSPS) is 0. The van der Waals surface area contributed by atoms with Gasteiger partial charge in [0.05, 0.1) is 0 Å². The van der Waals surface area contributed by atoms with E-state index >= 15 is 0 Å². The summed E-state index contributed by atoms with van der Waals surface area (Å²) < 4.78 is 0. The molecule has 5 heteroatoms. The van der Waals surface area contributed by atoms with Crippen molar-refractivity contribution >= 4 is 37.7 Å². The van der Waals surface area contributed by atoms with Crippen LogP contribution in [-0.2, 0) is 17.1 Å². The molecule has 0 saturated carbocycles. The summed E-state index contributed by atoms with van der Waals surface area (Å²) in [4.78, 5) is 0. The van der Waals surface area contributed by atoms with E-state index in [2.05, 4.69) is 0 Å². The van der Waals surface area contributed by atoms with Crippen LogP contribution in [0.5, 0.6) is 0 Å². The summed E-state index contributed by atoms with van der Waals surface area (Å²) in [6.07, 6.45) is 0. The summed E-state index contributed by atoms with van der Waals surface area (Å²) >= 11 is 0. The zero-order valence-corrected chi connectivity index (χ0v) is 7.56. The molecule has 0 saturated heterocycles. The summed E-state index contributed by atoms with van der Waals surface area (Å²) in [6.45, 7) is 0. The number of hydrogen-bond acceptors (Lipinski definition) is 0. The molecule has 0 aliphatic carbocycles. The van der Waals surface area contributed by atoms with Gasteiger partial charge in [-0.2, -0.15) is 0 Å². The molecule has 0 N–H and O–H groups in total. The molecule has 0 fully saturated rings. The summed E-state index contributed by atoms with van der Waals surface area (Å²) in [7, 11) is 0. The number of hydrogen-bond donors (Lipinski definition) is 0. The van der Waals surface area contributed by atoms with Gasteiger partial charge in [0, 0.05) is 0 Å². The van der Waals surface area contributed by atoms with E-state index in [-0.39, 0.29) is 92.0 Å². The van der Waals surface area contributed by atoms with Gasteiger partial charge in [-0.1, -0.05) is 0 Å². The quantitative estimate of drug-likeness (QED) is 0.348. The van der Waals surface area contributed by atoms with Crippen molar-refractivity contribution in [3.05, 3.63) is 0 Å². The molecule has 5 heavy (non-hydrogen) atoms. The van der Waals surface area contributed by atoms with Crippen molar-refractivity contribution < 1.29 is 54.3 Å². The smallest absolute Gasteiger partial charge is 1.00 e. The monoisotopic (exact) mass is 208 g/mol. The van der Waals surface area contributed by atoms with Crippen LogP contribution in [0.1, 0.15) is 0 Å². The van der Waals surface area contributed by atoms with Crippen LogP contribution in [0.3, 0.4) is 0 Å². The Kier molecular flexibility index (Phi) is 291. The Bertz CT molecular complexity index is 6.85. The fourth-order valence-electron chi connectivity index (χ4n) is 0. The van der Waals surface area contributed by atoms with Gasteiger partial charge in [-0.25, -0.2) is 0 Å². The van der Waals surface area contributed by atoms with E-state index in [9.17, 15) is 0 Å². The summed E-state index contributed by atoms with van der Waals surface area (Å²) in [5, 5.41) is 0. The molecule has 0 radical (unpaired) electrons. The van der Waals surface area contributed by atoms with Gasteiger partial charge < -0.3 is 37.2 Å². The predicted molar refractivity (Wildman–Crippen MR) is 5.75 cm³/mol. The van der Waals surface area contributed by atoms with Crippen molar-refractivity contribution in [2.24, 2.45) is 0 Å². The third-order valence-electron chi connectivity index (χ3n) is 0. The molecule has 0 aromatic rings. The van der Waals surface area contributed by atoms with Crippen molar-refractivity contribution in [2.45, 2.75) is 0 Å². The number of rotatable bonds is 0. The minimum absolute atomic E-state index is 0. The van der Waals surface area contributed by atoms with Crippen molar-refractivity contribution in [1.29, 1.82) is 0 Å². The number of halogens is 3. The molecule has 34 valence electrons. The van der Waals surface area contributed by atoms with E-state index in [1.54, 1.807) is 0 Å². The first-order valence-electron chi connectivity index (χ1n) is 0. The molecule has 0 nitrogen and oxygen atoms in total. The van der Waals surface area contributed by atoms with E-state index in [0.717, 1.165) is 0 Å². The minimum atomic E-state index is 0. The first-order chi connectivity index (χ1) is 0. The summed E-state index contributed by atoms with van der Waals surface area (Å²) in [5.74, 6) is 0. The molecule has 0 bridgehead atoms. The molecule has 0 heterocycles. The molecule has 0 rings (SSSR count). The Morgan fingerprint density at radius 1 is 0.600 bits per heavy atom. The van der Waals surface area contributed by atoms with Gasteiger partial charge in [-0.3, -0.25) is 0 Å². The van der Waals surface area contributed by atoms with Gasteiger partial charge in [-0.05, 0) is 0 Å². The maximum absolute atomic E-state index is 0. The van der Waals surface area contributed by atoms with E-state index in [1.165, 1.54) is 0 Å². The average Bonchev–Trinajstić information content (AvgIpc) is 0. The molecule has 0 unspecified atom stereocenters. The molecule has 0 spiro atoms.